The first kappa shape index (κ1) is 19.8. The van der Waals surface area contributed by atoms with E-state index in [-0.39, 0.29) is 5.91 Å². The van der Waals surface area contributed by atoms with Crippen LogP contribution in [0.4, 0.5) is 18.9 Å². The monoisotopic (exact) mass is 409 g/mol. The highest BCUT2D eigenvalue weighted by Crippen LogP contribution is 2.30. The van der Waals surface area contributed by atoms with Crippen LogP contribution in [-0.4, -0.2) is 19.1 Å². The number of rotatable bonds is 3. The SMILES string of the molecule is O=C1c2cc(/C=C/c3ccc(C(F)(F)F)cc3)ccc2OCCN1c1ccccc1. The highest BCUT2D eigenvalue weighted by atomic mass is 19.4. The van der Waals surface area contributed by atoms with Crippen LogP contribution < -0.4 is 9.64 Å². The maximum atomic E-state index is 13.1. The number of benzene rings is 3. The number of hydrogen-bond donors (Lipinski definition) is 0. The van der Waals surface area contributed by atoms with Gasteiger partial charge in [0.1, 0.15) is 12.4 Å². The van der Waals surface area contributed by atoms with E-state index in [0.29, 0.717) is 30.0 Å². The van der Waals surface area contributed by atoms with Crippen molar-refractivity contribution in [3.8, 4) is 5.75 Å². The molecule has 1 aliphatic heterocycles. The molecule has 152 valence electrons. The molecule has 0 aromatic heterocycles. The summed E-state index contributed by atoms with van der Waals surface area (Å²) >= 11 is 0. The van der Waals surface area contributed by atoms with Crippen LogP contribution >= 0.6 is 0 Å². The Morgan fingerprint density at radius 1 is 0.867 bits per heavy atom. The van der Waals surface area contributed by atoms with E-state index in [2.05, 4.69) is 0 Å². The minimum Gasteiger partial charge on any atom is -0.491 e. The second-order valence-corrected chi connectivity index (χ2v) is 6.85. The normalized spacial score (nSPS) is 14.4. The molecule has 0 fully saturated rings. The van der Waals surface area contributed by atoms with Crippen molar-refractivity contribution in [2.24, 2.45) is 0 Å². The number of ether oxygens (including phenoxy) is 1. The van der Waals surface area contributed by atoms with Crippen LogP contribution in [-0.2, 0) is 6.18 Å². The molecule has 0 radical (unpaired) electrons. The maximum absolute atomic E-state index is 13.1. The first-order valence-corrected chi connectivity index (χ1v) is 9.41. The van der Waals surface area contributed by atoms with Gasteiger partial charge in [-0.3, -0.25) is 4.79 Å². The average Bonchev–Trinajstić information content (AvgIpc) is 2.91. The lowest BCUT2D eigenvalue weighted by Crippen LogP contribution is -2.32. The number of nitrogens with zero attached hydrogens (tertiary/aromatic N) is 1. The summed E-state index contributed by atoms with van der Waals surface area (Å²) in [5.41, 5.74) is 1.94. The fourth-order valence-electron chi connectivity index (χ4n) is 3.27. The minimum absolute atomic E-state index is 0.154. The third kappa shape index (κ3) is 4.22. The molecule has 0 saturated carbocycles. The summed E-state index contributed by atoms with van der Waals surface area (Å²) in [7, 11) is 0. The molecule has 1 amide bonds. The number of alkyl halides is 3. The molecule has 0 N–H and O–H groups in total. The number of para-hydroxylation sites is 1. The molecule has 6 heteroatoms. The largest absolute Gasteiger partial charge is 0.491 e. The smallest absolute Gasteiger partial charge is 0.416 e. The predicted molar refractivity (Wildman–Crippen MR) is 110 cm³/mol. The van der Waals surface area contributed by atoms with Crippen LogP contribution in [0.1, 0.15) is 27.0 Å². The van der Waals surface area contributed by atoms with Gasteiger partial charge in [-0.25, -0.2) is 0 Å². The molecule has 0 unspecified atom stereocenters. The fraction of sp³-hybridized carbons (Fsp3) is 0.125. The Morgan fingerprint density at radius 3 is 2.23 bits per heavy atom. The van der Waals surface area contributed by atoms with Crippen LogP contribution in [0.15, 0.2) is 72.8 Å². The highest BCUT2D eigenvalue weighted by Gasteiger charge is 2.29. The molecule has 30 heavy (non-hydrogen) atoms. The van der Waals surface area contributed by atoms with Crippen molar-refractivity contribution in [3.63, 3.8) is 0 Å². The van der Waals surface area contributed by atoms with Crippen molar-refractivity contribution in [1.82, 2.24) is 0 Å². The van der Waals surface area contributed by atoms with Gasteiger partial charge in [0.25, 0.3) is 5.91 Å². The van der Waals surface area contributed by atoms with Crippen molar-refractivity contribution < 1.29 is 22.7 Å². The maximum Gasteiger partial charge on any atom is 0.416 e. The van der Waals surface area contributed by atoms with Gasteiger partial charge in [0, 0.05) is 5.69 Å². The molecule has 0 bridgehead atoms. The summed E-state index contributed by atoms with van der Waals surface area (Å²) in [5.74, 6) is 0.364. The highest BCUT2D eigenvalue weighted by molar-refractivity contribution is 6.08. The number of amides is 1. The number of hydrogen-bond acceptors (Lipinski definition) is 2. The van der Waals surface area contributed by atoms with Crippen LogP contribution in [0, 0.1) is 0 Å². The van der Waals surface area contributed by atoms with Gasteiger partial charge in [0.15, 0.2) is 0 Å². The summed E-state index contributed by atoms with van der Waals surface area (Å²) in [5, 5.41) is 0. The van der Waals surface area contributed by atoms with Crippen molar-refractivity contribution in [2.75, 3.05) is 18.1 Å². The van der Waals surface area contributed by atoms with Gasteiger partial charge < -0.3 is 9.64 Å². The van der Waals surface area contributed by atoms with Gasteiger partial charge in [-0.1, -0.05) is 48.6 Å². The Hall–Kier alpha value is -3.54. The van der Waals surface area contributed by atoms with E-state index in [1.807, 2.05) is 36.4 Å². The Balaban J connectivity index is 1.59. The van der Waals surface area contributed by atoms with Crippen LogP contribution in [0.2, 0.25) is 0 Å². The lowest BCUT2D eigenvalue weighted by atomic mass is 10.1. The second kappa shape index (κ2) is 8.06. The zero-order chi connectivity index (χ0) is 21.1. The van der Waals surface area contributed by atoms with E-state index in [0.717, 1.165) is 23.4 Å². The van der Waals surface area contributed by atoms with Crippen LogP contribution in [0.25, 0.3) is 12.2 Å². The van der Waals surface area contributed by atoms with Crippen molar-refractivity contribution >= 4 is 23.7 Å². The van der Waals surface area contributed by atoms with E-state index in [9.17, 15) is 18.0 Å². The van der Waals surface area contributed by atoms with Crippen LogP contribution in [0.3, 0.4) is 0 Å². The summed E-state index contributed by atoms with van der Waals surface area (Å²) in [6.45, 7) is 0.822. The molecular weight excluding hydrogens is 391 g/mol. The summed E-state index contributed by atoms with van der Waals surface area (Å²) in [4.78, 5) is 14.8. The summed E-state index contributed by atoms with van der Waals surface area (Å²) in [6.07, 6.45) is -0.892. The zero-order valence-electron chi connectivity index (χ0n) is 15.9. The molecule has 1 aliphatic rings. The lowest BCUT2D eigenvalue weighted by molar-refractivity contribution is -0.137. The molecule has 0 saturated heterocycles. The van der Waals surface area contributed by atoms with Gasteiger partial charge >= 0.3 is 6.18 Å². The Labute approximate surface area is 172 Å². The van der Waals surface area contributed by atoms with E-state index in [1.165, 1.54) is 12.1 Å². The number of carbonyl (C=O) groups excluding carboxylic acids is 1. The number of halogens is 3. The number of carbonyl (C=O) groups is 1. The van der Waals surface area contributed by atoms with E-state index < -0.39 is 11.7 Å². The Morgan fingerprint density at radius 2 is 1.53 bits per heavy atom. The van der Waals surface area contributed by atoms with Crippen molar-refractivity contribution in [3.05, 3.63) is 95.1 Å². The molecule has 0 atom stereocenters. The summed E-state index contributed by atoms with van der Waals surface area (Å²) in [6, 6.07) is 19.6. The molecule has 4 rings (SSSR count). The molecule has 1 heterocycles. The molecule has 3 aromatic carbocycles. The predicted octanol–water partition coefficient (Wildman–Crippen LogP) is 5.92. The number of fused-ring (bicyclic) bond motifs is 1. The third-order valence-electron chi connectivity index (χ3n) is 4.83. The standard InChI is InChI=1S/C24H18F3NO2/c25-24(26,27)19-11-8-17(9-12-19)6-7-18-10-13-22-21(16-18)23(29)28(14-15-30-22)20-4-2-1-3-5-20/h1-13,16H,14-15H2/b7-6+. The molecule has 3 nitrogen and oxygen atoms in total. The van der Waals surface area contributed by atoms with Gasteiger partial charge in [-0.15, -0.1) is 0 Å². The van der Waals surface area contributed by atoms with Gasteiger partial charge in [-0.2, -0.15) is 13.2 Å². The fourth-order valence-corrected chi connectivity index (χ4v) is 3.27. The zero-order valence-corrected chi connectivity index (χ0v) is 15.9. The van der Waals surface area contributed by atoms with Gasteiger partial charge in [-0.05, 0) is 47.5 Å². The minimum atomic E-state index is -4.36. The first-order chi connectivity index (χ1) is 14.4. The third-order valence-corrected chi connectivity index (χ3v) is 4.83. The molecule has 0 aliphatic carbocycles. The quantitative estimate of drug-likeness (QED) is 0.503. The van der Waals surface area contributed by atoms with Crippen LogP contribution in [0.5, 0.6) is 5.75 Å². The molecule has 0 spiro atoms. The number of anilines is 1. The van der Waals surface area contributed by atoms with Gasteiger partial charge in [0.2, 0.25) is 0 Å². The molecule has 3 aromatic rings. The molecular formula is C24H18F3NO2. The Bertz CT molecular complexity index is 1070. The second-order valence-electron chi connectivity index (χ2n) is 6.85. The topological polar surface area (TPSA) is 29.5 Å². The first-order valence-electron chi connectivity index (χ1n) is 9.41. The van der Waals surface area contributed by atoms with E-state index in [4.69, 9.17) is 4.74 Å². The Kier molecular flexibility index (Phi) is 5.31. The summed E-state index contributed by atoms with van der Waals surface area (Å²) < 4.78 is 43.8. The van der Waals surface area contributed by atoms with E-state index >= 15 is 0 Å². The van der Waals surface area contributed by atoms with Crippen molar-refractivity contribution in [2.45, 2.75) is 6.18 Å². The van der Waals surface area contributed by atoms with E-state index in [1.54, 1.807) is 29.2 Å². The lowest BCUT2D eigenvalue weighted by Gasteiger charge is -2.19. The van der Waals surface area contributed by atoms with Gasteiger partial charge in [0.05, 0.1) is 17.7 Å². The average molecular weight is 409 g/mol. The van der Waals surface area contributed by atoms with Crippen molar-refractivity contribution in [1.29, 1.82) is 0 Å².